The van der Waals surface area contributed by atoms with Gasteiger partial charge in [-0.15, -0.1) is 0 Å². The lowest BCUT2D eigenvalue weighted by Crippen LogP contribution is -2.06. The monoisotopic (exact) mass is 451 g/mol. The number of carbonyl (C=O) groups excluding carboxylic acids is 1. The Morgan fingerprint density at radius 1 is 1.10 bits per heavy atom. The van der Waals surface area contributed by atoms with E-state index in [1.165, 1.54) is 0 Å². The van der Waals surface area contributed by atoms with Crippen molar-refractivity contribution in [2.24, 2.45) is 0 Å². The van der Waals surface area contributed by atoms with Gasteiger partial charge >= 0.3 is 0 Å². The second-order valence-electron chi connectivity index (χ2n) is 4.72. The van der Waals surface area contributed by atoms with Crippen molar-refractivity contribution in [3.8, 4) is 0 Å². The standard InChI is InChI=1S/C17H11BrINO/c18-15-8-6-12(19)9-14(15)17(21)10-13-7-5-11-3-1-2-4-16(11)20-13/h1-9H,10H2. The number of fused-ring (bicyclic) bond motifs is 1. The first kappa shape index (κ1) is 14.7. The summed E-state index contributed by atoms with van der Waals surface area (Å²) in [5.74, 6) is 0.0724. The maximum Gasteiger partial charge on any atom is 0.169 e. The van der Waals surface area contributed by atoms with Gasteiger partial charge in [0.1, 0.15) is 0 Å². The highest BCUT2D eigenvalue weighted by Gasteiger charge is 2.12. The molecule has 0 aliphatic heterocycles. The van der Waals surface area contributed by atoms with Crippen molar-refractivity contribution < 1.29 is 4.79 Å². The second-order valence-corrected chi connectivity index (χ2v) is 6.82. The molecule has 0 atom stereocenters. The average Bonchev–Trinajstić information content (AvgIpc) is 2.49. The average molecular weight is 452 g/mol. The van der Waals surface area contributed by atoms with E-state index in [4.69, 9.17) is 0 Å². The molecular weight excluding hydrogens is 441 g/mol. The largest absolute Gasteiger partial charge is 0.294 e. The topological polar surface area (TPSA) is 30.0 Å². The van der Waals surface area contributed by atoms with Gasteiger partial charge in [-0.1, -0.05) is 40.2 Å². The highest BCUT2D eigenvalue weighted by Crippen LogP contribution is 2.21. The molecule has 104 valence electrons. The molecule has 1 heterocycles. The van der Waals surface area contributed by atoms with Crippen LogP contribution in [0.5, 0.6) is 0 Å². The smallest absolute Gasteiger partial charge is 0.169 e. The summed E-state index contributed by atoms with van der Waals surface area (Å²) in [5.41, 5.74) is 2.42. The van der Waals surface area contributed by atoms with Crippen molar-refractivity contribution in [3.05, 3.63) is 73.9 Å². The number of carbonyl (C=O) groups is 1. The van der Waals surface area contributed by atoms with E-state index in [1.807, 2.05) is 54.6 Å². The molecule has 0 fully saturated rings. The Balaban J connectivity index is 1.90. The molecule has 0 amide bonds. The normalized spacial score (nSPS) is 10.8. The van der Waals surface area contributed by atoms with Crippen molar-refractivity contribution in [1.29, 1.82) is 0 Å². The van der Waals surface area contributed by atoms with Crippen LogP contribution >= 0.6 is 38.5 Å². The van der Waals surface area contributed by atoms with Crippen LogP contribution in [0.2, 0.25) is 0 Å². The molecule has 2 aromatic carbocycles. The number of benzene rings is 2. The molecule has 0 N–H and O–H groups in total. The first-order valence-electron chi connectivity index (χ1n) is 6.46. The van der Waals surface area contributed by atoms with E-state index in [0.29, 0.717) is 12.0 Å². The Morgan fingerprint density at radius 3 is 2.76 bits per heavy atom. The van der Waals surface area contributed by atoms with E-state index in [0.717, 1.165) is 24.6 Å². The molecule has 0 bridgehead atoms. The first-order valence-corrected chi connectivity index (χ1v) is 8.33. The van der Waals surface area contributed by atoms with Gasteiger partial charge in [0.05, 0.1) is 11.9 Å². The van der Waals surface area contributed by atoms with Gasteiger partial charge in [0.15, 0.2) is 5.78 Å². The summed E-state index contributed by atoms with van der Waals surface area (Å²) in [6.07, 6.45) is 0.309. The summed E-state index contributed by atoms with van der Waals surface area (Å²) >= 11 is 5.65. The number of Topliss-reactive ketones (excluding diaryl/α,β-unsaturated/α-hetero) is 1. The predicted molar refractivity (Wildman–Crippen MR) is 96.6 cm³/mol. The van der Waals surface area contributed by atoms with Gasteiger partial charge in [-0.05, 0) is 52.9 Å². The molecule has 0 radical (unpaired) electrons. The van der Waals surface area contributed by atoms with Crippen LogP contribution in [0.1, 0.15) is 16.1 Å². The highest BCUT2D eigenvalue weighted by molar-refractivity contribution is 14.1. The Hall–Kier alpha value is -1.27. The van der Waals surface area contributed by atoms with Crippen LogP contribution in [0.15, 0.2) is 59.1 Å². The van der Waals surface area contributed by atoms with Crippen molar-refractivity contribution in [2.45, 2.75) is 6.42 Å². The second kappa shape index (κ2) is 6.23. The van der Waals surface area contributed by atoms with E-state index in [-0.39, 0.29) is 5.78 Å². The number of para-hydroxylation sites is 1. The van der Waals surface area contributed by atoms with Crippen molar-refractivity contribution >= 4 is 55.2 Å². The van der Waals surface area contributed by atoms with Crippen LogP contribution in [0.25, 0.3) is 10.9 Å². The van der Waals surface area contributed by atoms with Crippen molar-refractivity contribution in [2.75, 3.05) is 0 Å². The van der Waals surface area contributed by atoms with E-state index < -0.39 is 0 Å². The van der Waals surface area contributed by atoms with E-state index >= 15 is 0 Å². The first-order chi connectivity index (χ1) is 10.1. The van der Waals surface area contributed by atoms with Gasteiger partial charge in [-0.2, -0.15) is 0 Å². The molecule has 0 saturated heterocycles. The molecular formula is C17H11BrINO. The third-order valence-corrected chi connectivity index (χ3v) is 4.59. The molecule has 0 saturated carbocycles. The highest BCUT2D eigenvalue weighted by atomic mass is 127. The van der Waals surface area contributed by atoms with E-state index in [2.05, 4.69) is 43.5 Å². The number of pyridine rings is 1. The molecule has 3 rings (SSSR count). The van der Waals surface area contributed by atoms with Crippen LogP contribution in [-0.2, 0) is 6.42 Å². The maximum absolute atomic E-state index is 12.4. The molecule has 0 spiro atoms. The zero-order valence-electron chi connectivity index (χ0n) is 11.0. The van der Waals surface area contributed by atoms with Gasteiger partial charge in [-0.3, -0.25) is 9.78 Å². The number of hydrogen-bond donors (Lipinski definition) is 0. The number of rotatable bonds is 3. The van der Waals surface area contributed by atoms with Gasteiger partial charge in [0.2, 0.25) is 0 Å². The van der Waals surface area contributed by atoms with Crippen LogP contribution in [0.3, 0.4) is 0 Å². The SMILES string of the molecule is O=C(Cc1ccc2ccccc2n1)c1cc(I)ccc1Br. The van der Waals surface area contributed by atoms with Gasteiger partial charge in [0.25, 0.3) is 0 Å². The lowest BCUT2D eigenvalue weighted by Gasteiger charge is -2.05. The molecule has 21 heavy (non-hydrogen) atoms. The molecule has 0 aliphatic carbocycles. The quantitative estimate of drug-likeness (QED) is 0.413. The number of hydrogen-bond acceptors (Lipinski definition) is 2. The molecule has 1 aromatic heterocycles. The Labute approximate surface area is 144 Å². The van der Waals surface area contributed by atoms with Crippen molar-refractivity contribution in [1.82, 2.24) is 4.98 Å². The Bertz CT molecular complexity index is 832. The molecule has 0 aliphatic rings. The van der Waals surface area contributed by atoms with Gasteiger partial charge in [-0.25, -0.2) is 0 Å². The summed E-state index contributed by atoms with van der Waals surface area (Å²) in [6, 6.07) is 17.6. The fourth-order valence-electron chi connectivity index (χ4n) is 2.18. The van der Waals surface area contributed by atoms with E-state index in [9.17, 15) is 4.79 Å². The number of ketones is 1. The third kappa shape index (κ3) is 3.32. The zero-order chi connectivity index (χ0) is 14.8. The number of aromatic nitrogens is 1. The summed E-state index contributed by atoms with van der Waals surface area (Å²) in [5, 5.41) is 1.09. The third-order valence-electron chi connectivity index (χ3n) is 3.23. The van der Waals surface area contributed by atoms with Gasteiger partial charge in [0, 0.05) is 24.7 Å². The summed E-state index contributed by atoms with van der Waals surface area (Å²) in [4.78, 5) is 17.0. The van der Waals surface area contributed by atoms with Crippen LogP contribution in [0.4, 0.5) is 0 Å². The predicted octanol–water partition coefficient (Wildman–Crippen LogP) is 5.03. The Kier molecular flexibility index (Phi) is 4.35. The lowest BCUT2D eigenvalue weighted by atomic mass is 10.1. The van der Waals surface area contributed by atoms with Gasteiger partial charge < -0.3 is 0 Å². The van der Waals surface area contributed by atoms with Crippen LogP contribution in [-0.4, -0.2) is 10.8 Å². The molecule has 2 nitrogen and oxygen atoms in total. The number of halogens is 2. The zero-order valence-corrected chi connectivity index (χ0v) is 14.8. The minimum atomic E-state index is 0.0724. The molecule has 4 heteroatoms. The summed E-state index contributed by atoms with van der Waals surface area (Å²) in [6.45, 7) is 0. The van der Waals surface area contributed by atoms with E-state index in [1.54, 1.807) is 0 Å². The minimum Gasteiger partial charge on any atom is -0.294 e. The fourth-order valence-corrected chi connectivity index (χ4v) is 3.14. The fraction of sp³-hybridized carbons (Fsp3) is 0.0588. The Morgan fingerprint density at radius 2 is 1.90 bits per heavy atom. The maximum atomic E-state index is 12.4. The van der Waals surface area contributed by atoms with Crippen molar-refractivity contribution in [3.63, 3.8) is 0 Å². The molecule has 0 unspecified atom stereocenters. The van der Waals surface area contributed by atoms with Crippen LogP contribution in [0, 0.1) is 3.57 Å². The number of nitrogens with zero attached hydrogens (tertiary/aromatic N) is 1. The lowest BCUT2D eigenvalue weighted by molar-refractivity contribution is 0.0991. The van der Waals surface area contributed by atoms with Crippen LogP contribution < -0.4 is 0 Å². The molecule has 3 aromatic rings. The summed E-state index contributed by atoms with van der Waals surface area (Å²) in [7, 11) is 0. The summed E-state index contributed by atoms with van der Waals surface area (Å²) < 4.78 is 1.87. The minimum absolute atomic E-state index is 0.0724.